The van der Waals surface area contributed by atoms with Crippen molar-refractivity contribution in [2.45, 2.75) is 25.9 Å². The topological polar surface area (TPSA) is 35.0 Å². The Labute approximate surface area is 109 Å². The summed E-state index contributed by atoms with van der Waals surface area (Å²) in [7, 11) is 1.71. The number of halogens is 1. The minimum atomic E-state index is -0.000642. The molecule has 5 heteroatoms. The zero-order chi connectivity index (χ0) is 12.0. The normalized spacial score (nSPS) is 17.6. The van der Waals surface area contributed by atoms with E-state index in [0.29, 0.717) is 11.1 Å². The average molecular weight is 269 g/mol. The zero-order valence-corrected chi connectivity index (χ0v) is 11.3. The van der Waals surface area contributed by atoms with Gasteiger partial charge in [0.05, 0.1) is 0 Å². The summed E-state index contributed by atoms with van der Waals surface area (Å²) >= 11 is 7.85. The average Bonchev–Trinajstić information content (AvgIpc) is 3.02. The number of aryl methyl sites for hydroxylation is 1. The molecule has 17 heavy (non-hydrogen) atoms. The number of thiophene rings is 1. The van der Waals surface area contributed by atoms with Gasteiger partial charge in [-0.1, -0.05) is 11.6 Å². The molecule has 3 rings (SSSR count). The van der Waals surface area contributed by atoms with Crippen molar-refractivity contribution in [2.75, 3.05) is 7.11 Å². The van der Waals surface area contributed by atoms with Crippen molar-refractivity contribution in [3.05, 3.63) is 21.9 Å². The van der Waals surface area contributed by atoms with Crippen molar-refractivity contribution >= 4 is 33.2 Å². The fourth-order valence-corrected chi connectivity index (χ4v) is 3.23. The number of aromatic nitrogens is 2. The van der Waals surface area contributed by atoms with Crippen LogP contribution in [0.25, 0.3) is 10.2 Å². The summed E-state index contributed by atoms with van der Waals surface area (Å²) in [5.41, 5.74) is 0. The van der Waals surface area contributed by atoms with Crippen molar-refractivity contribution in [3.63, 3.8) is 0 Å². The van der Waals surface area contributed by atoms with Crippen LogP contribution in [-0.4, -0.2) is 17.1 Å². The third-order valence-corrected chi connectivity index (χ3v) is 4.28. The minimum Gasteiger partial charge on any atom is -0.373 e. The largest absolute Gasteiger partial charge is 0.373 e. The lowest BCUT2D eigenvalue weighted by Crippen LogP contribution is -2.08. The predicted octanol–water partition coefficient (Wildman–Crippen LogP) is 3.75. The highest BCUT2D eigenvalue weighted by atomic mass is 35.5. The Hall–Kier alpha value is -0.710. The van der Waals surface area contributed by atoms with Gasteiger partial charge in [-0.15, -0.1) is 11.3 Å². The van der Waals surface area contributed by atoms with E-state index in [1.165, 1.54) is 17.7 Å². The Balaban J connectivity index is 2.10. The second-order valence-electron chi connectivity index (χ2n) is 4.44. The summed E-state index contributed by atoms with van der Waals surface area (Å²) < 4.78 is 5.49. The van der Waals surface area contributed by atoms with Crippen LogP contribution in [0.1, 0.15) is 29.6 Å². The molecule has 0 bridgehead atoms. The number of hydrogen-bond donors (Lipinski definition) is 0. The molecule has 1 unspecified atom stereocenters. The van der Waals surface area contributed by atoms with Gasteiger partial charge in [0.1, 0.15) is 16.1 Å². The van der Waals surface area contributed by atoms with Crippen LogP contribution in [-0.2, 0) is 4.74 Å². The fraction of sp³-hybridized carbons (Fsp3) is 0.500. The van der Waals surface area contributed by atoms with Gasteiger partial charge in [-0.25, -0.2) is 9.97 Å². The Bertz CT molecular complexity index is 565. The quantitative estimate of drug-likeness (QED) is 0.795. The van der Waals surface area contributed by atoms with Crippen LogP contribution in [0.3, 0.4) is 0 Å². The van der Waals surface area contributed by atoms with E-state index in [-0.39, 0.29) is 6.10 Å². The first-order valence-electron chi connectivity index (χ1n) is 5.65. The molecule has 1 saturated carbocycles. The predicted molar refractivity (Wildman–Crippen MR) is 69.6 cm³/mol. The molecule has 0 spiro atoms. The van der Waals surface area contributed by atoms with Gasteiger partial charge in [0.15, 0.2) is 5.82 Å². The standard InChI is InChI=1S/C12H13ClN2OS/c1-6-5-8-10(13)14-11(15-12(8)17-6)9(16-2)7-3-4-7/h5,7,9H,3-4H2,1-2H3. The lowest BCUT2D eigenvalue weighted by atomic mass is 10.2. The summed E-state index contributed by atoms with van der Waals surface area (Å²) in [6, 6.07) is 2.03. The van der Waals surface area contributed by atoms with Crippen molar-refractivity contribution in [1.82, 2.24) is 9.97 Å². The van der Waals surface area contributed by atoms with Gasteiger partial charge < -0.3 is 4.74 Å². The number of rotatable bonds is 3. The van der Waals surface area contributed by atoms with Crippen LogP contribution >= 0.6 is 22.9 Å². The molecule has 0 aliphatic heterocycles. The first-order chi connectivity index (χ1) is 8.19. The lowest BCUT2D eigenvalue weighted by molar-refractivity contribution is 0.0775. The summed E-state index contributed by atoms with van der Waals surface area (Å²) in [4.78, 5) is 11.1. The van der Waals surface area contributed by atoms with E-state index in [4.69, 9.17) is 16.3 Å². The highest BCUT2D eigenvalue weighted by molar-refractivity contribution is 7.18. The van der Waals surface area contributed by atoms with Crippen molar-refractivity contribution in [1.29, 1.82) is 0 Å². The van der Waals surface area contributed by atoms with Gasteiger partial charge >= 0.3 is 0 Å². The lowest BCUT2D eigenvalue weighted by Gasteiger charge is -2.12. The second kappa shape index (κ2) is 4.19. The molecule has 3 nitrogen and oxygen atoms in total. The van der Waals surface area contributed by atoms with Crippen LogP contribution in [0.15, 0.2) is 6.07 Å². The van der Waals surface area contributed by atoms with Crippen molar-refractivity contribution in [2.24, 2.45) is 5.92 Å². The molecule has 1 atom stereocenters. The first-order valence-corrected chi connectivity index (χ1v) is 6.85. The number of methoxy groups -OCH3 is 1. The number of fused-ring (bicyclic) bond motifs is 1. The van der Waals surface area contributed by atoms with Crippen LogP contribution in [0.2, 0.25) is 5.15 Å². The van der Waals surface area contributed by atoms with E-state index in [1.54, 1.807) is 18.4 Å². The Kier molecular flexibility index (Phi) is 2.81. The van der Waals surface area contributed by atoms with Gasteiger partial charge in [0.25, 0.3) is 0 Å². The van der Waals surface area contributed by atoms with Gasteiger partial charge in [-0.3, -0.25) is 0 Å². The summed E-state index contributed by atoms with van der Waals surface area (Å²) in [5.74, 6) is 1.30. The molecule has 1 aliphatic carbocycles. The smallest absolute Gasteiger partial charge is 0.160 e. The molecule has 0 amide bonds. The molecule has 0 aromatic carbocycles. The van der Waals surface area contributed by atoms with Crippen LogP contribution in [0.5, 0.6) is 0 Å². The highest BCUT2D eigenvalue weighted by Crippen LogP contribution is 2.42. The van der Waals surface area contributed by atoms with E-state index in [1.807, 2.05) is 6.07 Å². The van der Waals surface area contributed by atoms with Gasteiger partial charge in [-0.05, 0) is 31.7 Å². The summed E-state index contributed by atoms with van der Waals surface area (Å²) in [5, 5.41) is 1.49. The van der Waals surface area contributed by atoms with Crippen LogP contribution in [0, 0.1) is 12.8 Å². The Morgan fingerprint density at radius 2 is 2.24 bits per heavy atom. The van der Waals surface area contributed by atoms with Crippen molar-refractivity contribution in [3.8, 4) is 0 Å². The Morgan fingerprint density at radius 1 is 1.47 bits per heavy atom. The van der Waals surface area contributed by atoms with Crippen molar-refractivity contribution < 1.29 is 4.74 Å². The fourth-order valence-electron chi connectivity index (χ4n) is 2.06. The number of nitrogens with zero attached hydrogens (tertiary/aromatic N) is 2. The third kappa shape index (κ3) is 2.05. The molecule has 1 fully saturated rings. The monoisotopic (exact) mass is 268 g/mol. The molecule has 2 heterocycles. The van der Waals surface area contributed by atoms with Crippen LogP contribution < -0.4 is 0 Å². The van der Waals surface area contributed by atoms with Crippen LogP contribution in [0.4, 0.5) is 0 Å². The molecule has 2 aromatic rings. The molecular weight excluding hydrogens is 256 g/mol. The maximum atomic E-state index is 6.20. The molecule has 90 valence electrons. The second-order valence-corrected chi connectivity index (χ2v) is 6.04. The molecule has 2 aromatic heterocycles. The molecule has 1 aliphatic rings. The maximum absolute atomic E-state index is 6.20. The molecule has 0 radical (unpaired) electrons. The summed E-state index contributed by atoms with van der Waals surface area (Å²) in [6.45, 7) is 2.05. The molecular formula is C12H13ClN2OS. The minimum absolute atomic E-state index is 0.000642. The van der Waals surface area contributed by atoms with Gasteiger partial charge in [-0.2, -0.15) is 0 Å². The maximum Gasteiger partial charge on any atom is 0.160 e. The summed E-state index contributed by atoms with van der Waals surface area (Å²) in [6.07, 6.45) is 2.39. The van der Waals surface area contributed by atoms with E-state index in [2.05, 4.69) is 16.9 Å². The molecule has 0 saturated heterocycles. The Morgan fingerprint density at radius 3 is 2.88 bits per heavy atom. The van der Waals surface area contributed by atoms with Gasteiger partial charge in [0, 0.05) is 17.4 Å². The zero-order valence-electron chi connectivity index (χ0n) is 9.74. The van der Waals surface area contributed by atoms with E-state index in [9.17, 15) is 0 Å². The molecule has 0 N–H and O–H groups in total. The van der Waals surface area contributed by atoms with E-state index >= 15 is 0 Å². The SMILES string of the molecule is COC(c1nc(Cl)c2cc(C)sc2n1)C1CC1. The van der Waals surface area contributed by atoms with E-state index in [0.717, 1.165) is 16.0 Å². The number of hydrogen-bond acceptors (Lipinski definition) is 4. The highest BCUT2D eigenvalue weighted by Gasteiger charge is 2.34. The van der Waals surface area contributed by atoms with E-state index < -0.39 is 0 Å². The third-order valence-electron chi connectivity index (χ3n) is 3.05. The first kappa shape index (κ1) is 11.4. The number of ether oxygens (including phenoxy) is 1. The van der Waals surface area contributed by atoms with Gasteiger partial charge in [0.2, 0.25) is 0 Å².